The highest BCUT2D eigenvalue weighted by molar-refractivity contribution is 9.10. The first-order valence-electron chi connectivity index (χ1n) is 9.24. The van der Waals surface area contributed by atoms with Crippen molar-refractivity contribution in [3.8, 4) is 6.07 Å². The zero-order valence-electron chi connectivity index (χ0n) is 15.4. The number of nitriles is 1. The van der Waals surface area contributed by atoms with Gasteiger partial charge in [0.05, 0.1) is 24.3 Å². The number of fused-ring (bicyclic) bond motifs is 1. The molecule has 1 heterocycles. The third kappa shape index (κ3) is 4.80. The summed E-state index contributed by atoms with van der Waals surface area (Å²) in [7, 11) is 0. The van der Waals surface area contributed by atoms with Crippen LogP contribution in [-0.2, 0) is 12.8 Å². The summed E-state index contributed by atoms with van der Waals surface area (Å²) in [5, 5.41) is 22.5. The number of aromatic nitrogens is 1. The normalized spacial score (nSPS) is 11.9. The Morgan fingerprint density at radius 2 is 2.11 bits per heavy atom. The van der Waals surface area contributed by atoms with Crippen LogP contribution in [0, 0.1) is 11.3 Å². The standard InChI is InChI=1S/C22H22BrN3O2/c23-20-9-8-15(5-3-4-10-24)11-19(20)22(28)26-17(14-27)12-16-13-25-21-7-2-1-6-18(16)21/h1-2,6-9,11,13,17,25,27H,3-5,12,14H2,(H,26,28)/t17-/m1/s1. The highest BCUT2D eigenvalue weighted by atomic mass is 79.9. The number of aromatic amines is 1. The Morgan fingerprint density at radius 1 is 1.29 bits per heavy atom. The van der Waals surface area contributed by atoms with Crippen LogP contribution in [0.15, 0.2) is 53.1 Å². The summed E-state index contributed by atoms with van der Waals surface area (Å²) in [6.07, 6.45) is 4.46. The molecule has 28 heavy (non-hydrogen) atoms. The van der Waals surface area contributed by atoms with Gasteiger partial charge in [0.15, 0.2) is 0 Å². The van der Waals surface area contributed by atoms with Crippen LogP contribution in [0.4, 0.5) is 0 Å². The molecular weight excluding hydrogens is 418 g/mol. The number of hydrogen-bond acceptors (Lipinski definition) is 3. The number of aliphatic hydroxyl groups excluding tert-OH is 1. The van der Waals surface area contributed by atoms with Crippen LogP contribution in [0.3, 0.4) is 0 Å². The molecule has 0 aliphatic carbocycles. The predicted octanol–water partition coefficient (Wildman–Crippen LogP) is 4.11. The van der Waals surface area contributed by atoms with Gasteiger partial charge >= 0.3 is 0 Å². The van der Waals surface area contributed by atoms with Gasteiger partial charge in [-0.1, -0.05) is 24.3 Å². The number of para-hydroxylation sites is 1. The summed E-state index contributed by atoms with van der Waals surface area (Å²) in [5.74, 6) is -0.229. The second-order valence-corrected chi connectivity index (χ2v) is 7.60. The monoisotopic (exact) mass is 439 g/mol. The summed E-state index contributed by atoms with van der Waals surface area (Å²) in [5.41, 5.74) is 3.64. The van der Waals surface area contributed by atoms with E-state index in [1.165, 1.54) is 0 Å². The van der Waals surface area contributed by atoms with E-state index in [0.29, 0.717) is 22.9 Å². The molecule has 144 valence electrons. The van der Waals surface area contributed by atoms with Crippen LogP contribution in [-0.4, -0.2) is 28.6 Å². The fourth-order valence-electron chi connectivity index (χ4n) is 3.26. The highest BCUT2D eigenvalue weighted by Crippen LogP contribution is 2.21. The second-order valence-electron chi connectivity index (χ2n) is 6.74. The summed E-state index contributed by atoms with van der Waals surface area (Å²) in [4.78, 5) is 16.0. The van der Waals surface area contributed by atoms with E-state index >= 15 is 0 Å². The maximum Gasteiger partial charge on any atom is 0.252 e. The minimum atomic E-state index is -0.388. The number of aryl methyl sites for hydroxylation is 1. The minimum absolute atomic E-state index is 0.148. The quantitative estimate of drug-likeness (QED) is 0.461. The molecule has 3 aromatic rings. The van der Waals surface area contributed by atoms with Gasteiger partial charge in [-0.05, 0) is 64.5 Å². The molecule has 0 radical (unpaired) electrons. The van der Waals surface area contributed by atoms with E-state index in [1.54, 1.807) is 0 Å². The zero-order chi connectivity index (χ0) is 19.9. The van der Waals surface area contributed by atoms with Gasteiger partial charge in [0.1, 0.15) is 0 Å². The molecule has 1 atom stereocenters. The van der Waals surface area contributed by atoms with Crippen molar-refractivity contribution in [2.45, 2.75) is 31.7 Å². The molecule has 0 aliphatic rings. The molecule has 0 spiro atoms. The van der Waals surface area contributed by atoms with E-state index < -0.39 is 0 Å². The Morgan fingerprint density at radius 3 is 2.89 bits per heavy atom. The molecule has 3 rings (SSSR count). The third-order valence-electron chi connectivity index (χ3n) is 4.73. The number of halogens is 1. The third-order valence-corrected chi connectivity index (χ3v) is 5.42. The number of nitrogens with one attached hydrogen (secondary N) is 2. The fourth-order valence-corrected chi connectivity index (χ4v) is 3.69. The second kappa shape index (κ2) is 9.54. The van der Waals surface area contributed by atoms with E-state index in [0.717, 1.165) is 34.9 Å². The van der Waals surface area contributed by atoms with Crippen molar-refractivity contribution in [3.05, 3.63) is 69.8 Å². The van der Waals surface area contributed by atoms with Crippen molar-refractivity contribution < 1.29 is 9.90 Å². The Hall–Kier alpha value is -2.62. The van der Waals surface area contributed by atoms with Crippen LogP contribution < -0.4 is 5.32 Å². The SMILES string of the molecule is N#CCCCc1ccc(Br)c(C(=O)N[C@@H](CO)Cc2c[nH]c3ccccc23)c1. The Labute approximate surface area is 172 Å². The fraction of sp³-hybridized carbons (Fsp3) is 0.273. The molecular formula is C22H22BrN3O2. The number of benzene rings is 2. The average molecular weight is 440 g/mol. The molecule has 0 fully saturated rings. The lowest BCUT2D eigenvalue weighted by atomic mass is 10.0. The van der Waals surface area contributed by atoms with Gasteiger partial charge in [-0.15, -0.1) is 0 Å². The van der Waals surface area contributed by atoms with Gasteiger partial charge in [-0.3, -0.25) is 4.79 Å². The van der Waals surface area contributed by atoms with Crippen LogP contribution in [0.5, 0.6) is 0 Å². The van der Waals surface area contributed by atoms with Crippen molar-refractivity contribution in [2.75, 3.05) is 6.61 Å². The topological polar surface area (TPSA) is 88.9 Å². The first-order chi connectivity index (χ1) is 13.6. The van der Waals surface area contributed by atoms with Crippen molar-refractivity contribution in [1.29, 1.82) is 5.26 Å². The molecule has 1 amide bonds. The maximum atomic E-state index is 12.8. The molecule has 2 aromatic carbocycles. The lowest BCUT2D eigenvalue weighted by Gasteiger charge is -2.17. The maximum absolute atomic E-state index is 12.8. The molecule has 0 saturated carbocycles. The van der Waals surface area contributed by atoms with Gasteiger partial charge in [0.2, 0.25) is 0 Å². The van der Waals surface area contributed by atoms with Gasteiger partial charge in [0, 0.05) is 28.0 Å². The lowest BCUT2D eigenvalue weighted by molar-refractivity contribution is 0.0915. The first-order valence-corrected chi connectivity index (χ1v) is 10.0. The predicted molar refractivity (Wildman–Crippen MR) is 113 cm³/mol. The van der Waals surface area contributed by atoms with Crippen LogP contribution in [0.2, 0.25) is 0 Å². The average Bonchev–Trinajstić information content (AvgIpc) is 3.11. The summed E-state index contributed by atoms with van der Waals surface area (Å²) in [6.45, 7) is -0.148. The summed E-state index contributed by atoms with van der Waals surface area (Å²) in [6, 6.07) is 15.4. The Bertz CT molecular complexity index is 1010. The van der Waals surface area contributed by atoms with Crippen molar-refractivity contribution in [3.63, 3.8) is 0 Å². The highest BCUT2D eigenvalue weighted by Gasteiger charge is 2.17. The van der Waals surface area contributed by atoms with Gasteiger partial charge in [-0.25, -0.2) is 0 Å². The number of rotatable bonds is 8. The van der Waals surface area contributed by atoms with E-state index in [-0.39, 0.29) is 18.6 Å². The number of aliphatic hydroxyl groups is 1. The number of unbranched alkanes of at least 4 members (excludes halogenated alkanes) is 1. The Kier molecular flexibility index (Phi) is 6.85. The van der Waals surface area contributed by atoms with Crippen LogP contribution in [0.25, 0.3) is 10.9 Å². The van der Waals surface area contributed by atoms with Gasteiger partial charge in [-0.2, -0.15) is 5.26 Å². The number of H-pyrrole nitrogens is 1. The van der Waals surface area contributed by atoms with Crippen molar-refractivity contribution in [2.24, 2.45) is 0 Å². The smallest absolute Gasteiger partial charge is 0.252 e. The van der Waals surface area contributed by atoms with Crippen molar-refractivity contribution >= 4 is 32.7 Å². The largest absolute Gasteiger partial charge is 0.394 e. The van der Waals surface area contributed by atoms with E-state index in [2.05, 4.69) is 32.3 Å². The van der Waals surface area contributed by atoms with E-state index in [1.807, 2.05) is 48.7 Å². The number of carbonyl (C=O) groups excluding carboxylic acids is 1. The lowest BCUT2D eigenvalue weighted by Crippen LogP contribution is -2.39. The summed E-state index contributed by atoms with van der Waals surface area (Å²) >= 11 is 3.44. The molecule has 1 aromatic heterocycles. The number of carbonyl (C=O) groups is 1. The first kappa shape index (κ1) is 20.1. The number of hydrogen-bond donors (Lipinski definition) is 3. The van der Waals surface area contributed by atoms with Crippen molar-refractivity contribution in [1.82, 2.24) is 10.3 Å². The molecule has 0 saturated heterocycles. The molecule has 3 N–H and O–H groups in total. The molecule has 0 bridgehead atoms. The van der Waals surface area contributed by atoms with E-state index in [4.69, 9.17) is 5.26 Å². The van der Waals surface area contributed by atoms with Gasteiger partial charge < -0.3 is 15.4 Å². The number of nitrogens with zero attached hydrogens (tertiary/aromatic N) is 1. The number of amides is 1. The van der Waals surface area contributed by atoms with Gasteiger partial charge in [0.25, 0.3) is 5.91 Å². The molecule has 6 heteroatoms. The molecule has 0 unspecified atom stereocenters. The zero-order valence-corrected chi connectivity index (χ0v) is 17.0. The minimum Gasteiger partial charge on any atom is -0.394 e. The van der Waals surface area contributed by atoms with Crippen LogP contribution >= 0.6 is 15.9 Å². The van der Waals surface area contributed by atoms with E-state index in [9.17, 15) is 9.90 Å². The molecule has 0 aliphatic heterocycles. The van der Waals surface area contributed by atoms with Crippen LogP contribution in [0.1, 0.15) is 34.3 Å². The Balaban J connectivity index is 1.71. The molecule has 5 nitrogen and oxygen atoms in total. The summed E-state index contributed by atoms with van der Waals surface area (Å²) < 4.78 is 0.706.